The highest BCUT2D eigenvalue weighted by atomic mass is 35.5. The molecule has 1 amide bonds. The lowest BCUT2D eigenvalue weighted by Crippen LogP contribution is -2.49. The molecule has 6 nitrogen and oxygen atoms in total. The number of thiophene rings is 1. The predicted octanol–water partition coefficient (Wildman–Crippen LogP) is 4.50. The Morgan fingerprint density at radius 2 is 1.94 bits per heavy atom. The molecule has 2 saturated heterocycles. The number of aliphatic hydroxyl groups excluding tert-OH is 1. The zero-order valence-corrected chi connectivity index (χ0v) is 20.6. The van der Waals surface area contributed by atoms with Crippen LogP contribution in [0.3, 0.4) is 0 Å². The fraction of sp³-hybridized carbons (Fsp3) is 0.462. The van der Waals surface area contributed by atoms with Crippen molar-refractivity contribution in [3.63, 3.8) is 0 Å². The summed E-state index contributed by atoms with van der Waals surface area (Å²) in [4.78, 5) is 23.3. The van der Waals surface area contributed by atoms with E-state index in [1.54, 1.807) is 6.20 Å². The third-order valence-corrected chi connectivity index (χ3v) is 8.77. The molecule has 5 heterocycles. The molecule has 6 rings (SSSR count). The number of nitrogens with zero attached hydrogens (tertiary/aromatic N) is 3. The van der Waals surface area contributed by atoms with E-state index in [9.17, 15) is 9.90 Å². The van der Waals surface area contributed by atoms with Crippen LogP contribution in [-0.4, -0.2) is 64.1 Å². The fourth-order valence-electron chi connectivity index (χ4n) is 5.70. The van der Waals surface area contributed by atoms with Gasteiger partial charge in [-0.25, -0.2) is 0 Å². The molecule has 1 unspecified atom stereocenters. The first-order chi connectivity index (χ1) is 16.6. The number of pyridine rings is 1. The van der Waals surface area contributed by atoms with Crippen LogP contribution in [0.2, 0.25) is 5.02 Å². The molecular weight excluding hydrogens is 470 g/mol. The van der Waals surface area contributed by atoms with E-state index in [1.807, 2.05) is 29.2 Å². The number of benzene rings is 1. The summed E-state index contributed by atoms with van der Waals surface area (Å²) in [6.07, 6.45) is 6.48. The van der Waals surface area contributed by atoms with Crippen molar-refractivity contribution < 1.29 is 14.6 Å². The standard InChI is InChI=1S/C26H28ClN3O3S/c27-17-11-16-12-23(26(32)30-9-4-18(5-10-30)29-7-1-2-8-29)33-24(16)21(13-17)20-3-6-28-22-14-19(15-31)34-25(20)22/h3,6,11,13-14,18,23,31H,1-2,4-5,7-10,12,15H2. The van der Waals surface area contributed by atoms with E-state index in [0.717, 1.165) is 63.5 Å². The minimum Gasteiger partial charge on any atom is -0.479 e. The van der Waals surface area contributed by atoms with E-state index >= 15 is 0 Å². The van der Waals surface area contributed by atoms with E-state index in [4.69, 9.17) is 16.3 Å². The average Bonchev–Trinajstić information content (AvgIpc) is 3.62. The number of aliphatic hydroxyl groups is 1. The molecule has 34 heavy (non-hydrogen) atoms. The van der Waals surface area contributed by atoms with Crippen molar-refractivity contribution in [1.82, 2.24) is 14.8 Å². The van der Waals surface area contributed by atoms with Gasteiger partial charge in [0, 0.05) is 58.3 Å². The number of hydrogen-bond donors (Lipinski definition) is 1. The van der Waals surface area contributed by atoms with Crippen molar-refractivity contribution in [1.29, 1.82) is 0 Å². The molecule has 2 fully saturated rings. The largest absolute Gasteiger partial charge is 0.479 e. The maximum Gasteiger partial charge on any atom is 0.263 e. The number of ether oxygens (including phenoxy) is 1. The molecule has 0 saturated carbocycles. The Bertz CT molecular complexity index is 1230. The zero-order chi connectivity index (χ0) is 23.2. The average molecular weight is 498 g/mol. The number of carbonyl (C=O) groups is 1. The van der Waals surface area contributed by atoms with Crippen LogP contribution in [0, 0.1) is 0 Å². The van der Waals surface area contributed by atoms with Gasteiger partial charge in [0.05, 0.1) is 16.8 Å². The van der Waals surface area contributed by atoms with Gasteiger partial charge in [0.25, 0.3) is 5.91 Å². The Kier molecular flexibility index (Phi) is 5.97. The SMILES string of the molecule is O=C(C1Cc2cc(Cl)cc(-c3ccnc4cc(CO)sc34)c2O1)N1CCC(N2CCCC2)CC1. The minimum absolute atomic E-state index is 0.0182. The zero-order valence-electron chi connectivity index (χ0n) is 19.0. The van der Waals surface area contributed by atoms with Crippen LogP contribution in [0.5, 0.6) is 5.75 Å². The molecule has 0 aliphatic carbocycles. The lowest BCUT2D eigenvalue weighted by Gasteiger charge is -2.37. The normalized spacial score (nSPS) is 21.2. The molecule has 0 bridgehead atoms. The highest BCUT2D eigenvalue weighted by Crippen LogP contribution is 2.44. The van der Waals surface area contributed by atoms with Gasteiger partial charge in [0.1, 0.15) is 5.75 Å². The van der Waals surface area contributed by atoms with Gasteiger partial charge in [-0.05, 0) is 63.0 Å². The minimum atomic E-state index is -0.510. The second kappa shape index (κ2) is 9.11. The van der Waals surface area contributed by atoms with Crippen molar-refractivity contribution in [3.8, 4) is 16.9 Å². The first kappa shape index (κ1) is 22.3. The van der Waals surface area contributed by atoms with Gasteiger partial charge in [-0.1, -0.05) is 11.6 Å². The number of fused-ring (bicyclic) bond motifs is 2. The van der Waals surface area contributed by atoms with E-state index in [1.165, 1.54) is 37.3 Å². The third-order valence-electron chi connectivity index (χ3n) is 7.41. The number of rotatable bonds is 4. The first-order valence-electron chi connectivity index (χ1n) is 12.1. The van der Waals surface area contributed by atoms with Crippen LogP contribution in [0.15, 0.2) is 30.5 Å². The summed E-state index contributed by atoms with van der Waals surface area (Å²) in [5, 5.41) is 10.2. The van der Waals surface area contributed by atoms with Crippen LogP contribution in [0.1, 0.15) is 36.1 Å². The molecule has 0 spiro atoms. The van der Waals surface area contributed by atoms with Gasteiger partial charge >= 0.3 is 0 Å². The summed E-state index contributed by atoms with van der Waals surface area (Å²) in [5.74, 6) is 0.817. The quantitative estimate of drug-likeness (QED) is 0.575. The van der Waals surface area contributed by atoms with Gasteiger partial charge in [-0.15, -0.1) is 11.3 Å². The molecule has 178 valence electrons. The maximum absolute atomic E-state index is 13.4. The summed E-state index contributed by atoms with van der Waals surface area (Å²) in [6.45, 7) is 3.99. The number of aromatic nitrogens is 1. The Morgan fingerprint density at radius 1 is 1.15 bits per heavy atom. The third kappa shape index (κ3) is 3.98. The maximum atomic E-state index is 13.4. The van der Waals surface area contributed by atoms with Crippen LogP contribution >= 0.6 is 22.9 Å². The van der Waals surface area contributed by atoms with Gasteiger partial charge in [0.15, 0.2) is 6.10 Å². The van der Waals surface area contributed by atoms with E-state index in [2.05, 4.69) is 9.88 Å². The van der Waals surface area contributed by atoms with Crippen LogP contribution in [-0.2, 0) is 17.8 Å². The first-order valence-corrected chi connectivity index (χ1v) is 13.3. The molecule has 1 N–H and O–H groups in total. The summed E-state index contributed by atoms with van der Waals surface area (Å²) in [5.41, 5.74) is 3.65. The van der Waals surface area contributed by atoms with Crippen molar-refractivity contribution in [2.75, 3.05) is 26.2 Å². The monoisotopic (exact) mass is 497 g/mol. The van der Waals surface area contributed by atoms with Crippen molar-refractivity contribution in [3.05, 3.63) is 45.9 Å². The van der Waals surface area contributed by atoms with E-state index < -0.39 is 6.10 Å². The van der Waals surface area contributed by atoms with E-state index in [0.29, 0.717) is 17.5 Å². The molecule has 1 atom stereocenters. The van der Waals surface area contributed by atoms with Crippen molar-refractivity contribution in [2.24, 2.45) is 0 Å². The molecular formula is C26H28ClN3O3S. The number of piperidine rings is 1. The lowest BCUT2D eigenvalue weighted by molar-refractivity contribution is -0.139. The highest BCUT2D eigenvalue weighted by Gasteiger charge is 2.37. The van der Waals surface area contributed by atoms with Crippen LogP contribution < -0.4 is 4.74 Å². The van der Waals surface area contributed by atoms with E-state index in [-0.39, 0.29) is 12.5 Å². The predicted molar refractivity (Wildman–Crippen MR) is 135 cm³/mol. The Labute approximate surface area is 208 Å². The summed E-state index contributed by atoms with van der Waals surface area (Å²) >= 11 is 8.03. The Balaban J connectivity index is 1.23. The lowest BCUT2D eigenvalue weighted by atomic mass is 10.00. The van der Waals surface area contributed by atoms with Crippen molar-refractivity contribution >= 4 is 39.1 Å². The molecule has 3 aliphatic rings. The smallest absolute Gasteiger partial charge is 0.263 e. The fourth-order valence-corrected chi connectivity index (χ4v) is 6.94. The highest BCUT2D eigenvalue weighted by molar-refractivity contribution is 7.19. The van der Waals surface area contributed by atoms with Crippen LogP contribution in [0.25, 0.3) is 21.3 Å². The number of amides is 1. The number of likely N-dealkylation sites (tertiary alicyclic amines) is 2. The molecule has 0 radical (unpaired) electrons. The Morgan fingerprint density at radius 3 is 2.71 bits per heavy atom. The molecule has 8 heteroatoms. The summed E-state index contributed by atoms with van der Waals surface area (Å²) in [7, 11) is 0. The second-order valence-electron chi connectivity index (χ2n) is 9.50. The van der Waals surface area contributed by atoms with Gasteiger partial charge in [-0.2, -0.15) is 0 Å². The topological polar surface area (TPSA) is 65.9 Å². The number of halogens is 1. The second-order valence-corrected chi connectivity index (χ2v) is 11.1. The van der Waals surface area contributed by atoms with Crippen molar-refractivity contribution in [2.45, 2.75) is 50.9 Å². The van der Waals surface area contributed by atoms with Gasteiger partial charge in [-0.3, -0.25) is 9.78 Å². The van der Waals surface area contributed by atoms with Crippen LogP contribution in [0.4, 0.5) is 0 Å². The molecule has 2 aromatic heterocycles. The molecule has 1 aromatic carbocycles. The number of carbonyl (C=O) groups excluding carboxylic acids is 1. The van der Waals surface area contributed by atoms with Gasteiger partial charge < -0.3 is 19.6 Å². The van der Waals surface area contributed by atoms with Gasteiger partial charge in [0.2, 0.25) is 0 Å². The number of hydrogen-bond acceptors (Lipinski definition) is 6. The Hall–Kier alpha value is -2.19. The summed E-state index contributed by atoms with van der Waals surface area (Å²) in [6, 6.07) is 8.30. The molecule has 3 aliphatic heterocycles. The summed E-state index contributed by atoms with van der Waals surface area (Å²) < 4.78 is 7.33. The molecule has 3 aromatic rings.